The number of hydrogen-bond acceptors (Lipinski definition) is 1. The lowest BCUT2D eigenvalue weighted by Crippen LogP contribution is -2.32. The Morgan fingerprint density at radius 3 is 2.55 bits per heavy atom. The van der Waals surface area contributed by atoms with E-state index in [-0.39, 0.29) is 0 Å². The van der Waals surface area contributed by atoms with Crippen LogP contribution in [0.5, 0.6) is 0 Å². The molecule has 0 heterocycles. The van der Waals surface area contributed by atoms with Gasteiger partial charge in [0.05, 0.1) is 0 Å². The Labute approximate surface area is 120 Å². The second kappa shape index (κ2) is 7.72. The molecule has 1 aliphatic rings. The van der Waals surface area contributed by atoms with E-state index in [2.05, 4.69) is 12.2 Å². The van der Waals surface area contributed by atoms with Crippen LogP contribution in [0.1, 0.15) is 44.6 Å². The van der Waals surface area contributed by atoms with Crippen molar-refractivity contribution in [3.63, 3.8) is 0 Å². The number of nitrogens with one attached hydrogen (secondary N) is 1. The van der Waals surface area contributed by atoms with Gasteiger partial charge in [0.1, 0.15) is 0 Å². The lowest BCUT2D eigenvalue weighted by Gasteiger charge is -2.32. The molecular weight excluding hydrogens is 256 g/mol. The summed E-state index contributed by atoms with van der Waals surface area (Å²) in [5.74, 6) is -0.209. The molecule has 1 saturated carbocycles. The maximum Gasteiger partial charge on any atom is 0.159 e. The summed E-state index contributed by atoms with van der Waals surface area (Å²) in [5.41, 5.74) is 0.927. The van der Waals surface area contributed by atoms with Crippen LogP contribution in [-0.2, 0) is 6.42 Å². The van der Waals surface area contributed by atoms with E-state index in [4.69, 9.17) is 0 Å². The molecule has 2 atom stereocenters. The lowest BCUT2D eigenvalue weighted by atomic mass is 9.76. The minimum absolute atomic E-state index is 0.595. The first-order valence-corrected chi connectivity index (χ1v) is 7.85. The monoisotopic (exact) mass is 281 g/mol. The Morgan fingerprint density at radius 1 is 1.10 bits per heavy atom. The molecule has 3 heteroatoms. The molecule has 0 aromatic heterocycles. The van der Waals surface area contributed by atoms with Crippen LogP contribution >= 0.6 is 0 Å². The van der Waals surface area contributed by atoms with E-state index in [0.717, 1.165) is 31.5 Å². The van der Waals surface area contributed by atoms with Crippen molar-refractivity contribution in [3.05, 3.63) is 35.4 Å². The molecular formula is C17H25F2N. The van der Waals surface area contributed by atoms with Crippen molar-refractivity contribution in [2.45, 2.75) is 45.4 Å². The topological polar surface area (TPSA) is 12.0 Å². The highest BCUT2D eigenvalue weighted by Gasteiger charge is 2.25. The summed E-state index contributed by atoms with van der Waals surface area (Å²) in [6.45, 7) is 4.29. The van der Waals surface area contributed by atoms with Gasteiger partial charge in [-0.2, -0.15) is 0 Å². The predicted octanol–water partition coefficient (Wildman–Crippen LogP) is 4.31. The fourth-order valence-corrected chi connectivity index (χ4v) is 3.26. The highest BCUT2D eigenvalue weighted by molar-refractivity contribution is 5.18. The Bertz CT molecular complexity index is 419. The quantitative estimate of drug-likeness (QED) is 0.766. The Kier molecular flexibility index (Phi) is 5.96. The SMILES string of the molecule is CCCNCC1CCCCC1Cc1ccc(F)c(F)c1. The van der Waals surface area contributed by atoms with Crippen LogP contribution < -0.4 is 5.32 Å². The summed E-state index contributed by atoms with van der Waals surface area (Å²) >= 11 is 0. The minimum atomic E-state index is -0.751. The number of rotatable bonds is 6. The van der Waals surface area contributed by atoms with Crippen molar-refractivity contribution >= 4 is 0 Å². The Hall–Kier alpha value is -0.960. The maximum absolute atomic E-state index is 13.3. The van der Waals surface area contributed by atoms with Crippen LogP contribution in [0.2, 0.25) is 0 Å². The van der Waals surface area contributed by atoms with Gasteiger partial charge in [0.25, 0.3) is 0 Å². The molecule has 20 heavy (non-hydrogen) atoms. The van der Waals surface area contributed by atoms with E-state index < -0.39 is 11.6 Å². The largest absolute Gasteiger partial charge is 0.316 e. The molecule has 2 rings (SSSR count). The fourth-order valence-electron chi connectivity index (χ4n) is 3.26. The molecule has 1 fully saturated rings. The molecule has 1 N–H and O–H groups in total. The fraction of sp³-hybridized carbons (Fsp3) is 0.647. The van der Waals surface area contributed by atoms with Gasteiger partial charge in [0.2, 0.25) is 0 Å². The van der Waals surface area contributed by atoms with Gasteiger partial charge in [-0.1, -0.05) is 25.8 Å². The third-order valence-corrected chi connectivity index (χ3v) is 4.38. The lowest BCUT2D eigenvalue weighted by molar-refractivity contribution is 0.228. The second-order valence-corrected chi connectivity index (χ2v) is 5.96. The van der Waals surface area contributed by atoms with E-state index in [0.29, 0.717) is 11.8 Å². The third kappa shape index (κ3) is 4.27. The zero-order valence-electron chi connectivity index (χ0n) is 12.3. The average molecular weight is 281 g/mol. The molecule has 1 aliphatic carbocycles. The number of hydrogen-bond donors (Lipinski definition) is 1. The van der Waals surface area contributed by atoms with Gasteiger partial charge in [0, 0.05) is 0 Å². The van der Waals surface area contributed by atoms with E-state index in [1.807, 2.05) is 0 Å². The van der Waals surface area contributed by atoms with Crippen LogP contribution in [0, 0.1) is 23.5 Å². The van der Waals surface area contributed by atoms with Gasteiger partial charge in [-0.05, 0) is 68.3 Å². The third-order valence-electron chi connectivity index (χ3n) is 4.38. The minimum Gasteiger partial charge on any atom is -0.316 e. The first kappa shape index (κ1) is 15.4. The summed E-state index contributed by atoms with van der Waals surface area (Å²) in [5, 5.41) is 3.51. The van der Waals surface area contributed by atoms with Crippen LogP contribution in [0.25, 0.3) is 0 Å². The highest BCUT2D eigenvalue weighted by Crippen LogP contribution is 2.32. The molecule has 0 aliphatic heterocycles. The van der Waals surface area contributed by atoms with Crippen molar-refractivity contribution in [1.29, 1.82) is 0 Å². The maximum atomic E-state index is 13.3. The molecule has 2 unspecified atom stereocenters. The molecule has 0 spiro atoms. The first-order valence-electron chi connectivity index (χ1n) is 7.85. The summed E-state index contributed by atoms with van der Waals surface area (Å²) < 4.78 is 26.3. The molecule has 1 aromatic carbocycles. The first-order chi connectivity index (χ1) is 9.70. The predicted molar refractivity (Wildman–Crippen MR) is 78.7 cm³/mol. The molecule has 1 nitrogen and oxygen atoms in total. The molecule has 112 valence electrons. The van der Waals surface area contributed by atoms with Gasteiger partial charge in [-0.15, -0.1) is 0 Å². The average Bonchev–Trinajstić information content (AvgIpc) is 2.45. The van der Waals surface area contributed by atoms with Crippen molar-refractivity contribution in [2.75, 3.05) is 13.1 Å². The Morgan fingerprint density at radius 2 is 1.85 bits per heavy atom. The summed E-state index contributed by atoms with van der Waals surface area (Å²) in [6.07, 6.45) is 7.05. The molecule has 0 saturated heterocycles. The van der Waals surface area contributed by atoms with Gasteiger partial charge in [-0.3, -0.25) is 0 Å². The zero-order valence-corrected chi connectivity index (χ0v) is 12.3. The highest BCUT2D eigenvalue weighted by atomic mass is 19.2. The van der Waals surface area contributed by atoms with Gasteiger partial charge < -0.3 is 5.32 Å². The molecule has 0 amide bonds. The van der Waals surface area contributed by atoms with E-state index in [1.54, 1.807) is 6.07 Å². The second-order valence-electron chi connectivity index (χ2n) is 5.96. The Balaban J connectivity index is 1.95. The summed E-state index contributed by atoms with van der Waals surface area (Å²) in [6, 6.07) is 4.34. The van der Waals surface area contributed by atoms with Crippen LogP contribution in [-0.4, -0.2) is 13.1 Å². The van der Waals surface area contributed by atoms with E-state index in [9.17, 15) is 8.78 Å². The molecule has 0 bridgehead atoms. The van der Waals surface area contributed by atoms with Crippen LogP contribution in [0.4, 0.5) is 8.78 Å². The van der Waals surface area contributed by atoms with Crippen molar-refractivity contribution in [2.24, 2.45) is 11.8 Å². The van der Waals surface area contributed by atoms with E-state index >= 15 is 0 Å². The van der Waals surface area contributed by atoms with Crippen molar-refractivity contribution in [1.82, 2.24) is 5.32 Å². The summed E-state index contributed by atoms with van der Waals surface area (Å²) in [4.78, 5) is 0. The van der Waals surface area contributed by atoms with Crippen molar-refractivity contribution < 1.29 is 8.78 Å². The van der Waals surface area contributed by atoms with Crippen molar-refractivity contribution in [3.8, 4) is 0 Å². The van der Waals surface area contributed by atoms with Gasteiger partial charge in [-0.25, -0.2) is 8.78 Å². The normalized spacial score (nSPS) is 22.9. The van der Waals surface area contributed by atoms with Crippen LogP contribution in [0.3, 0.4) is 0 Å². The standard InChI is InChI=1S/C17H25F2N/c1-2-9-20-12-15-6-4-3-5-14(15)10-13-7-8-16(18)17(19)11-13/h7-8,11,14-15,20H,2-6,9-10,12H2,1H3. The summed E-state index contributed by atoms with van der Waals surface area (Å²) in [7, 11) is 0. The zero-order chi connectivity index (χ0) is 14.4. The number of halogens is 2. The smallest absolute Gasteiger partial charge is 0.159 e. The van der Waals surface area contributed by atoms with Crippen LogP contribution in [0.15, 0.2) is 18.2 Å². The van der Waals surface area contributed by atoms with E-state index in [1.165, 1.54) is 37.8 Å². The molecule has 1 aromatic rings. The van der Waals surface area contributed by atoms with Gasteiger partial charge >= 0.3 is 0 Å². The molecule has 0 radical (unpaired) electrons. The number of benzene rings is 1. The van der Waals surface area contributed by atoms with Gasteiger partial charge in [0.15, 0.2) is 11.6 Å².